The molecule has 4 rings (SSSR count). The third-order valence-corrected chi connectivity index (χ3v) is 8.97. The molecule has 2 nitrogen and oxygen atoms in total. The molecule has 6 atom stereocenters. The van der Waals surface area contributed by atoms with Gasteiger partial charge >= 0.3 is 0 Å². The van der Waals surface area contributed by atoms with Gasteiger partial charge in [-0.05, 0) is 80.6 Å². The van der Waals surface area contributed by atoms with E-state index >= 15 is 0 Å². The minimum absolute atomic E-state index is 0.00692. The van der Waals surface area contributed by atoms with Crippen molar-refractivity contribution in [3.8, 4) is 0 Å². The van der Waals surface area contributed by atoms with Crippen LogP contribution in [0.2, 0.25) is 0 Å². The maximum atomic E-state index is 12.2. The number of ketones is 1. The molecule has 0 aromatic carbocycles. The molecule has 0 spiro atoms. The first-order valence-corrected chi connectivity index (χ1v) is 9.86. The highest BCUT2D eigenvalue weighted by Crippen LogP contribution is 2.68. The summed E-state index contributed by atoms with van der Waals surface area (Å²) in [6, 6.07) is 0. The molecule has 0 aromatic rings. The van der Waals surface area contributed by atoms with Crippen LogP contribution in [0.4, 0.5) is 0 Å². The van der Waals surface area contributed by atoms with Crippen molar-refractivity contribution in [2.45, 2.75) is 77.7 Å². The van der Waals surface area contributed by atoms with E-state index in [4.69, 9.17) is 0 Å². The van der Waals surface area contributed by atoms with E-state index in [1.165, 1.54) is 18.4 Å². The van der Waals surface area contributed by atoms with Crippen molar-refractivity contribution in [2.24, 2.45) is 28.6 Å². The van der Waals surface area contributed by atoms with E-state index in [0.29, 0.717) is 23.5 Å². The summed E-state index contributed by atoms with van der Waals surface area (Å²) in [6.07, 6.45) is 10.2. The summed E-state index contributed by atoms with van der Waals surface area (Å²) < 4.78 is 0. The van der Waals surface area contributed by atoms with E-state index in [2.05, 4.69) is 27.4 Å². The second-order valence-electron chi connectivity index (χ2n) is 9.48. The Kier molecular flexibility index (Phi) is 3.50. The number of aliphatic hydroxyl groups is 1. The lowest BCUT2D eigenvalue weighted by molar-refractivity contribution is -0.121. The molecule has 0 aromatic heterocycles. The molecule has 0 bridgehead atoms. The summed E-state index contributed by atoms with van der Waals surface area (Å²) in [5.41, 5.74) is 2.08. The molecule has 0 radical (unpaired) electrons. The normalized spacial score (nSPS) is 51.0. The molecule has 0 amide bonds. The Bertz CT molecular complexity index is 632. The molecular weight excluding hydrogens is 296 g/mol. The Hall–Kier alpha value is -0.890. The Balaban J connectivity index is 1.72. The highest BCUT2D eigenvalue weighted by molar-refractivity contribution is 5.96. The van der Waals surface area contributed by atoms with Gasteiger partial charge in [0.25, 0.3) is 0 Å². The molecule has 2 heteroatoms. The van der Waals surface area contributed by atoms with Crippen LogP contribution in [0.15, 0.2) is 23.8 Å². The zero-order valence-corrected chi connectivity index (χ0v) is 15.5. The van der Waals surface area contributed by atoms with E-state index in [1.807, 2.05) is 6.08 Å². The predicted molar refractivity (Wildman–Crippen MR) is 96.5 cm³/mol. The van der Waals surface area contributed by atoms with Crippen molar-refractivity contribution in [2.75, 3.05) is 0 Å². The van der Waals surface area contributed by atoms with Gasteiger partial charge in [0.15, 0.2) is 5.78 Å². The van der Waals surface area contributed by atoms with Crippen LogP contribution in [0.3, 0.4) is 0 Å². The lowest BCUT2D eigenvalue weighted by Gasteiger charge is -2.59. The van der Waals surface area contributed by atoms with Crippen LogP contribution in [-0.4, -0.2) is 16.5 Å². The first-order valence-electron chi connectivity index (χ1n) is 9.86. The molecule has 0 aliphatic heterocycles. The van der Waals surface area contributed by atoms with Crippen LogP contribution in [0, 0.1) is 28.6 Å². The average molecular weight is 328 g/mol. The summed E-state index contributed by atoms with van der Waals surface area (Å²) >= 11 is 0. The predicted octanol–water partition coefficient (Wildman–Crippen LogP) is 4.83. The van der Waals surface area contributed by atoms with Crippen molar-refractivity contribution < 1.29 is 9.90 Å². The standard InChI is InChI=1S/C22H32O2/c1-5-22(24)13-9-18-15-6-7-16-14(2)19(23)10-11-20(16,3)17(15)8-12-21(18,22)4/h5,15,17-18,24H,1,6-13H2,2-4H3/t15-,17+,18+,20+,21+,22+/m1/s1. The van der Waals surface area contributed by atoms with E-state index in [0.717, 1.165) is 44.1 Å². The average Bonchev–Trinajstić information content (AvgIpc) is 2.84. The summed E-state index contributed by atoms with van der Waals surface area (Å²) in [4.78, 5) is 12.2. The maximum absolute atomic E-state index is 12.2. The van der Waals surface area contributed by atoms with Gasteiger partial charge in [-0.25, -0.2) is 0 Å². The topological polar surface area (TPSA) is 37.3 Å². The van der Waals surface area contributed by atoms with Crippen molar-refractivity contribution in [3.05, 3.63) is 23.8 Å². The van der Waals surface area contributed by atoms with Gasteiger partial charge in [0.05, 0.1) is 5.60 Å². The number of Topliss-reactive ketones (excluding diaryl/α,β-unsaturated/α-hetero) is 1. The highest BCUT2D eigenvalue weighted by atomic mass is 16.3. The van der Waals surface area contributed by atoms with Crippen LogP contribution in [-0.2, 0) is 4.79 Å². The second kappa shape index (κ2) is 5.06. The van der Waals surface area contributed by atoms with E-state index in [1.54, 1.807) is 0 Å². The fourth-order valence-electron chi connectivity index (χ4n) is 7.37. The summed E-state index contributed by atoms with van der Waals surface area (Å²) in [6.45, 7) is 10.8. The number of hydrogen-bond donors (Lipinski definition) is 1. The van der Waals surface area contributed by atoms with Gasteiger partial charge in [-0.3, -0.25) is 4.79 Å². The Morgan fingerprint density at radius 1 is 1.08 bits per heavy atom. The third kappa shape index (κ3) is 1.84. The molecular formula is C22H32O2. The zero-order valence-electron chi connectivity index (χ0n) is 15.5. The first kappa shape index (κ1) is 16.6. The van der Waals surface area contributed by atoms with Crippen LogP contribution in [0.5, 0.6) is 0 Å². The fourth-order valence-corrected chi connectivity index (χ4v) is 7.37. The van der Waals surface area contributed by atoms with Gasteiger partial charge in [0.2, 0.25) is 0 Å². The number of fused-ring (bicyclic) bond motifs is 5. The van der Waals surface area contributed by atoms with Gasteiger partial charge in [0, 0.05) is 11.8 Å². The van der Waals surface area contributed by atoms with Gasteiger partial charge in [-0.15, -0.1) is 6.58 Å². The fraction of sp³-hybridized carbons (Fsp3) is 0.773. The molecule has 0 unspecified atom stereocenters. The molecule has 132 valence electrons. The Labute approximate surface area is 146 Å². The third-order valence-electron chi connectivity index (χ3n) is 8.97. The molecule has 4 aliphatic carbocycles. The van der Waals surface area contributed by atoms with E-state index < -0.39 is 5.60 Å². The van der Waals surface area contributed by atoms with Crippen LogP contribution in [0.25, 0.3) is 0 Å². The molecule has 24 heavy (non-hydrogen) atoms. The Morgan fingerprint density at radius 2 is 1.79 bits per heavy atom. The minimum atomic E-state index is -0.682. The van der Waals surface area contributed by atoms with E-state index in [-0.39, 0.29) is 10.8 Å². The maximum Gasteiger partial charge on any atom is 0.158 e. The summed E-state index contributed by atoms with van der Waals surface area (Å²) in [7, 11) is 0. The molecule has 0 saturated heterocycles. The van der Waals surface area contributed by atoms with Crippen molar-refractivity contribution in [1.29, 1.82) is 0 Å². The lowest BCUT2D eigenvalue weighted by Crippen LogP contribution is -2.54. The van der Waals surface area contributed by atoms with E-state index in [9.17, 15) is 9.90 Å². The number of carbonyl (C=O) groups excluding carboxylic acids is 1. The van der Waals surface area contributed by atoms with Gasteiger partial charge in [-0.2, -0.15) is 0 Å². The SMILES string of the molecule is C=C[C@]1(O)CC[C@H]2[C@@H]3CCC4=C(C)C(=O)CC[C@]4(C)[C@H]3CC[C@@]21C. The van der Waals surface area contributed by atoms with Crippen LogP contribution in [0.1, 0.15) is 72.1 Å². The Morgan fingerprint density at radius 3 is 2.50 bits per heavy atom. The quantitative estimate of drug-likeness (QED) is 0.700. The van der Waals surface area contributed by atoms with Gasteiger partial charge < -0.3 is 5.11 Å². The monoisotopic (exact) mass is 328 g/mol. The van der Waals surface area contributed by atoms with Crippen LogP contribution >= 0.6 is 0 Å². The highest BCUT2D eigenvalue weighted by Gasteiger charge is 2.63. The van der Waals surface area contributed by atoms with Gasteiger partial charge in [-0.1, -0.05) is 25.5 Å². The zero-order chi connectivity index (χ0) is 17.3. The first-order chi connectivity index (χ1) is 11.3. The largest absolute Gasteiger partial charge is 0.385 e. The summed E-state index contributed by atoms with van der Waals surface area (Å²) in [5.74, 6) is 2.38. The molecule has 3 saturated carbocycles. The van der Waals surface area contributed by atoms with Crippen molar-refractivity contribution in [3.63, 3.8) is 0 Å². The lowest BCUT2D eigenvalue weighted by atomic mass is 9.46. The number of hydrogen-bond acceptors (Lipinski definition) is 2. The van der Waals surface area contributed by atoms with Crippen LogP contribution < -0.4 is 0 Å². The molecule has 3 fully saturated rings. The van der Waals surface area contributed by atoms with Crippen molar-refractivity contribution in [1.82, 2.24) is 0 Å². The molecule has 4 aliphatic rings. The molecule has 1 N–H and O–H groups in total. The summed E-state index contributed by atoms with van der Waals surface area (Å²) in [5, 5.41) is 11.1. The minimum Gasteiger partial charge on any atom is -0.385 e. The second-order valence-corrected chi connectivity index (χ2v) is 9.48. The smallest absolute Gasteiger partial charge is 0.158 e. The van der Waals surface area contributed by atoms with Gasteiger partial charge in [0.1, 0.15) is 0 Å². The number of rotatable bonds is 1. The van der Waals surface area contributed by atoms with Crippen molar-refractivity contribution >= 4 is 5.78 Å². The molecule has 0 heterocycles. The number of allylic oxidation sites excluding steroid dienone is 1. The number of carbonyl (C=O) groups is 1.